The van der Waals surface area contributed by atoms with E-state index < -0.39 is 0 Å². The van der Waals surface area contributed by atoms with E-state index in [-0.39, 0.29) is 5.92 Å². The smallest absolute Gasteiger partial charge is 0.137 e. The van der Waals surface area contributed by atoms with Gasteiger partial charge in [-0.25, -0.2) is 0 Å². The van der Waals surface area contributed by atoms with E-state index in [9.17, 15) is 4.79 Å². The van der Waals surface area contributed by atoms with Crippen LogP contribution in [0.25, 0.3) is 0 Å². The highest BCUT2D eigenvalue weighted by Gasteiger charge is 2.29. The van der Waals surface area contributed by atoms with Crippen molar-refractivity contribution in [2.75, 3.05) is 6.54 Å². The number of nitrogens with zero attached hydrogens (tertiary/aromatic N) is 1. The van der Waals surface area contributed by atoms with Crippen molar-refractivity contribution < 1.29 is 4.79 Å². The minimum absolute atomic E-state index is 0.260. The summed E-state index contributed by atoms with van der Waals surface area (Å²) in [5.41, 5.74) is 0. The molecule has 2 rings (SSSR count). The van der Waals surface area contributed by atoms with Crippen molar-refractivity contribution in [3.05, 3.63) is 22.4 Å². The molecule has 0 bridgehead atoms. The molecule has 0 aliphatic heterocycles. The van der Waals surface area contributed by atoms with Crippen LogP contribution in [0.4, 0.5) is 0 Å². The van der Waals surface area contributed by atoms with Crippen LogP contribution in [0, 0.1) is 11.8 Å². The second kappa shape index (κ2) is 7.37. The SMILES string of the molecule is CCC1CCC(=O)C(CN(Cc2cccs2)C(C)C)C1. The average Bonchev–Trinajstić information content (AvgIpc) is 2.93. The summed E-state index contributed by atoms with van der Waals surface area (Å²) in [5.74, 6) is 1.51. The van der Waals surface area contributed by atoms with Gasteiger partial charge < -0.3 is 0 Å². The molecule has 2 nitrogen and oxygen atoms in total. The van der Waals surface area contributed by atoms with E-state index in [4.69, 9.17) is 0 Å². The van der Waals surface area contributed by atoms with Gasteiger partial charge in [0.15, 0.2) is 0 Å². The molecule has 0 amide bonds. The Kier molecular flexibility index (Phi) is 5.79. The summed E-state index contributed by atoms with van der Waals surface area (Å²) in [4.78, 5) is 16.1. The fourth-order valence-electron chi connectivity index (χ4n) is 3.09. The molecule has 112 valence electrons. The summed E-state index contributed by atoms with van der Waals surface area (Å²) in [7, 11) is 0. The van der Waals surface area contributed by atoms with Crippen molar-refractivity contribution in [3.63, 3.8) is 0 Å². The third-order valence-corrected chi connectivity index (χ3v) is 5.43. The molecule has 2 atom stereocenters. The molecular weight excluding hydrogens is 266 g/mol. The molecule has 0 N–H and O–H groups in total. The Morgan fingerprint density at radius 2 is 2.25 bits per heavy atom. The number of ketones is 1. The standard InChI is InChI=1S/C17H27NOS/c1-4-14-7-8-17(19)15(10-14)11-18(13(2)3)12-16-6-5-9-20-16/h5-6,9,13-15H,4,7-8,10-12H2,1-3H3. The molecule has 1 aliphatic rings. The van der Waals surface area contributed by atoms with E-state index >= 15 is 0 Å². The van der Waals surface area contributed by atoms with Gasteiger partial charge in [-0.05, 0) is 44.1 Å². The number of rotatable bonds is 6. The van der Waals surface area contributed by atoms with Gasteiger partial charge in [-0.1, -0.05) is 19.4 Å². The summed E-state index contributed by atoms with van der Waals surface area (Å²) >= 11 is 1.81. The summed E-state index contributed by atoms with van der Waals surface area (Å²) < 4.78 is 0. The van der Waals surface area contributed by atoms with Crippen molar-refractivity contribution >= 4 is 17.1 Å². The van der Waals surface area contributed by atoms with Crippen LogP contribution < -0.4 is 0 Å². The zero-order valence-electron chi connectivity index (χ0n) is 13.0. The van der Waals surface area contributed by atoms with Crippen molar-refractivity contribution in [2.45, 2.75) is 59.0 Å². The third kappa shape index (κ3) is 4.16. The molecule has 0 spiro atoms. The van der Waals surface area contributed by atoms with Crippen LogP contribution in [0.15, 0.2) is 17.5 Å². The molecule has 20 heavy (non-hydrogen) atoms. The fraction of sp³-hybridized carbons (Fsp3) is 0.706. The highest BCUT2D eigenvalue weighted by atomic mass is 32.1. The minimum atomic E-state index is 0.260. The summed E-state index contributed by atoms with van der Waals surface area (Å²) in [5, 5.41) is 2.13. The van der Waals surface area contributed by atoms with Crippen molar-refractivity contribution in [2.24, 2.45) is 11.8 Å². The number of hydrogen-bond acceptors (Lipinski definition) is 3. The highest BCUT2D eigenvalue weighted by Crippen LogP contribution is 2.30. The van der Waals surface area contributed by atoms with E-state index in [1.165, 1.54) is 11.3 Å². The molecule has 0 saturated heterocycles. The number of carbonyl (C=O) groups is 1. The second-order valence-electron chi connectivity index (χ2n) is 6.31. The van der Waals surface area contributed by atoms with Gasteiger partial charge in [0.1, 0.15) is 5.78 Å². The normalized spacial score (nSPS) is 23.8. The van der Waals surface area contributed by atoms with Gasteiger partial charge in [0.25, 0.3) is 0 Å². The number of hydrogen-bond donors (Lipinski definition) is 0. The quantitative estimate of drug-likeness (QED) is 0.777. The van der Waals surface area contributed by atoms with Crippen LogP contribution in [0.5, 0.6) is 0 Å². The molecule has 1 heterocycles. The van der Waals surface area contributed by atoms with Crippen molar-refractivity contribution in [3.8, 4) is 0 Å². The third-order valence-electron chi connectivity index (χ3n) is 4.57. The largest absolute Gasteiger partial charge is 0.299 e. The first-order valence-electron chi connectivity index (χ1n) is 7.89. The first-order valence-corrected chi connectivity index (χ1v) is 8.77. The van der Waals surface area contributed by atoms with Gasteiger partial charge in [-0.15, -0.1) is 11.3 Å². The molecule has 0 aromatic carbocycles. The van der Waals surface area contributed by atoms with Crippen LogP contribution in [0.3, 0.4) is 0 Å². The highest BCUT2D eigenvalue weighted by molar-refractivity contribution is 7.09. The summed E-state index contributed by atoms with van der Waals surface area (Å²) in [6.07, 6.45) is 4.23. The Bertz CT molecular complexity index is 413. The predicted molar refractivity (Wildman–Crippen MR) is 86.0 cm³/mol. The molecule has 1 aliphatic carbocycles. The molecular formula is C17H27NOS. The lowest BCUT2D eigenvalue weighted by atomic mass is 9.79. The van der Waals surface area contributed by atoms with Gasteiger partial charge >= 0.3 is 0 Å². The van der Waals surface area contributed by atoms with Crippen LogP contribution in [0.1, 0.15) is 51.3 Å². The number of Topliss-reactive ketones (excluding diaryl/α,β-unsaturated/α-hetero) is 1. The zero-order valence-corrected chi connectivity index (χ0v) is 13.8. The molecule has 3 heteroatoms. The topological polar surface area (TPSA) is 20.3 Å². The first-order chi connectivity index (χ1) is 9.60. The maximum Gasteiger partial charge on any atom is 0.137 e. The Balaban J connectivity index is 1.97. The Morgan fingerprint density at radius 1 is 1.45 bits per heavy atom. The van der Waals surface area contributed by atoms with Gasteiger partial charge in [0, 0.05) is 36.3 Å². The molecule has 1 aromatic heterocycles. The second-order valence-corrected chi connectivity index (χ2v) is 7.35. The summed E-state index contributed by atoms with van der Waals surface area (Å²) in [6, 6.07) is 4.79. The zero-order chi connectivity index (χ0) is 14.5. The van der Waals surface area contributed by atoms with Gasteiger partial charge in [0.2, 0.25) is 0 Å². The van der Waals surface area contributed by atoms with Gasteiger partial charge in [0.05, 0.1) is 0 Å². The monoisotopic (exact) mass is 293 g/mol. The molecule has 0 radical (unpaired) electrons. The van der Waals surface area contributed by atoms with E-state index in [2.05, 4.69) is 43.2 Å². The van der Waals surface area contributed by atoms with Crippen molar-refractivity contribution in [1.82, 2.24) is 4.90 Å². The number of carbonyl (C=O) groups excluding carboxylic acids is 1. The lowest BCUT2D eigenvalue weighted by molar-refractivity contribution is -0.126. The number of thiophene rings is 1. The maximum absolute atomic E-state index is 12.2. The van der Waals surface area contributed by atoms with E-state index in [1.54, 1.807) is 0 Å². The van der Waals surface area contributed by atoms with Crippen molar-refractivity contribution in [1.29, 1.82) is 0 Å². The Hall–Kier alpha value is -0.670. The van der Waals surface area contributed by atoms with E-state index in [0.717, 1.165) is 38.3 Å². The predicted octanol–water partition coefficient (Wildman–Crippen LogP) is 4.35. The lowest BCUT2D eigenvalue weighted by Crippen LogP contribution is -2.39. The van der Waals surface area contributed by atoms with Gasteiger partial charge in [-0.3, -0.25) is 9.69 Å². The van der Waals surface area contributed by atoms with Crippen LogP contribution in [0.2, 0.25) is 0 Å². The lowest BCUT2D eigenvalue weighted by Gasteiger charge is -2.34. The van der Waals surface area contributed by atoms with Crippen LogP contribution in [-0.4, -0.2) is 23.3 Å². The van der Waals surface area contributed by atoms with Crippen LogP contribution >= 0.6 is 11.3 Å². The van der Waals surface area contributed by atoms with E-state index in [0.29, 0.717) is 11.8 Å². The molecule has 1 aromatic rings. The molecule has 2 unspecified atom stereocenters. The average molecular weight is 293 g/mol. The molecule has 1 saturated carbocycles. The van der Waals surface area contributed by atoms with Crippen LogP contribution in [-0.2, 0) is 11.3 Å². The van der Waals surface area contributed by atoms with Gasteiger partial charge in [-0.2, -0.15) is 0 Å². The van der Waals surface area contributed by atoms with E-state index in [1.807, 2.05) is 11.3 Å². The Morgan fingerprint density at radius 3 is 2.85 bits per heavy atom. The Labute approximate surface area is 127 Å². The minimum Gasteiger partial charge on any atom is -0.299 e. The fourth-order valence-corrected chi connectivity index (χ4v) is 3.82. The first kappa shape index (κ1) is 15.7. The summed E-state index contributed by atoms with van der Waals surface area (Å²) in [6.45, 7) is 8.64. The maximum atomic E-state index is 12.2. The molecule has 1 fully saturated rings.